The highest BCUT2D eigenvalue weighted by Gasteiger charge is 2.51. The second-order valence-corrected chi connectivity index (χ2v) is 12.2. The highest BCUT2D eigenvalue weighted by atomic mass is 32.2. The summed E-state index contributed by atoms with van der Waals surface area (Å²) in [5.41, 5.74) is 1.45. The standard InChI is InChI=1S/C25H29N5O5S/c1-25(2,3)35-24(32)30-15-19-14-29(16-21(19)30)36(33,34)20-7-4-17(5-8-20)12-27-23(31)18-6-9-22-26-10-11-28(22)13-18/h4-11,13,19,21H,12,14-16H2,1-3H3,(H,27,31)/t19-,21-/m1/s1. The van der Waals surface area contributed by atoms with Gasteiger partial charge in [-0.25, -0.2) is 18.2 Å². The number of carbonyl (C=O) groups is 2. The molecule has 0 saturated carbocycles. The first-order valence-corrected chi connectivity index (χ1v) is 13.2. The van der Waals surface area contributed by atoms with Crippen molar-refractivity contribution < 1.29 is 22.7 Å². The maximum Gasteiger partial charge on any atom is 0.410 e. The van der Waals surface area contributed by atoms with E-state index in [9.17, 15) is 18.0 Å². The summed E-state index contributed by atoms with van der Waals surface area (Å²) >= 11 is 0. The predicted octanol–water partition coefficient (Wildman–Crippen LogP) is 2.50. The minimum absolute atomic E-state index is 0.114. The van der Waals surface area contributed by atoms with E-state index in [0.717, 1.165) is 11.2 Å². The lowest BCUT2D eigenvalue weighted by atomic mass is 9.93. The van der Waals surface area contributed by atoms with Crippen molar-refractivity contribution in [1.29, 1.82) is 0 Å². The molecule has 0 spiro atoms. The average Bonchev–Trinajstić information content (AvgIpc) is 3.41. The summed E-state index contributed by atoms with van der Waals surface area (Å²) in [5, 5.41) is 2.85. The van der Waals surface area contributed by atoms with E-state index >= 15 is 0 Å². The molecule has 2 fully saturated rings. The van der Waals surface area contributed by atoms with Gasteiger partial charge < -0.3 is 19.4 Å². The number of hydrogen-bond donors (Lipinski definition) is 1. The molecule has 36 heavy (non-hydrogen) atoms. The van der Waals surface area contributed by atoms with Crippen LogP contribution in [0.3, 0.4) is 0 Å². The normalized spacial score (nSPS) is 20.1. The zero-order chi connectivity index (χ0) is 25.7. The molecule has 5 rings (SSSR count). The maximum atomic E-state index is 13.2. The largest absolute Gasteiger partial charge is 0.444 e. The number of fused-ring (bicyclic) bond motifs is 2. The molecule has 1 aromatic carbocycles. The number of pyridine rings is 1. The number of rotatable bonds is 5. The molecule has 4 heterocycles. The second kappa shape index (κ2) is 8.90. The van der Waals surface area contributed by atoms with Crippen LogP contribution in [0.15, 0.2) is 59.9 Å². The van der Waals surface area contributed by atoms with Gasteiger partial charge in [-0.2, -0.15) is 4.31 Å². The number of benzene rings is 1. The number of hydrogen-bond acceptors (Lipinski definition) is 6. The van der Waals surface area contributed by atoms with E-state index in [-0.39, 0.29) is 35.9 Å². The predicted molar refractivity (Wildman–Crippen MR) is 132 cm³/mol. The number of carbonyl (C=O) groups excluding carboxylic acids is 2. The summed E-state index contributed by atoms with van der Waals surface area (Å²) in [7, 11) is -3.70. The van der Waals surface area contributed by atoms with Gasteiger partial charge in [-0.3, -0.25) is 4.79 Å². The first kappa shape index (κ1) is 24.3. The van der Waals surface area contributed by atoms with Crippen LogP contribution in [0.1, 0.15) is 36.7 Å². The van der Waals surface area contributed by atoms with Crippen LogP contribution in [0.5, 0.6) is 0 Å². The van der Waals surface area contributed by atoms with E-state index in [1.54, 1.807) is 64.3 Å². The maximum absolute atomic E-state index is 13.2. The molecule has 1 N–H and O–H groups in total. The number of imidazole rings is 1. The minimum atomic E-state index is -3.70. The van der Waals surface area contributed by atoms with Crippen molar-refractivity contribution >= 4 is 27.7 Å². The van der Waals surface area contributed by atoms with Crippen LogP contribution in [0, 0.1) is 5.92 Å². The summed E-state index contributed by atoms with van der Waals surface area (Å²) in [6.45, 7) is 6.82. The fourth-order valence-electron chi connectivity index (χ4n) is 4.59. The number of nitrogens with one attached hydrogen (secondary N) is 1. The molecule has 10 nitrogen and oxygen atoms in total. The molecule has 2 atom stereocenters. The molecular weight excluding hydrogens is 482 g/mol. The molecule has 2 saturated heterocycles. The molecule has 0 radical (unpaired) electrons. The third-order valence-corrected chi connectivity index (χ3v) is 8.34. The van der Waals surface area contributed by atoms with Crippen molar-refractivity contribution in [3.05, 3.63) is 66.1 Å². The first-order chi connectivity index (χ1) is 17.0. The molecule has 11 heteroatoms. The number of aromatic nitrogens is 2. The molecule has 2 aliphatic rings. The van der Waals surface area contributed by atoms with Crippen LogP contribution in [0.2, 0.25) is 0 Å². The Hall–Kier alpha value is -3.44. The Kier molecular flexibility index (Phi) is 6.00. The lowest BCUT2D eigenvalue weighted by molar-refractivity contribution is -0.0164. The molecule has 0 bridgehead atoms. The van der Waals surface area contributed by atoms with Crippen LogP contribution < -0.4 is 5.32 Å². The lowest BCUT2D eigenvalue weighted by Crippen LogP contribution is -2.59. The minimum Gasteiger partial charge on any atom is -0.444 e. The SMILES string of the molecule is CC(C)(C)OC(=O)N1C[C@H]2CN(S(=O)(=O)c3ccc(CNC(=O)c4ccc5nccn5c4)cc3)C[C@H]21. The van der Waals surface area contributed by atoms with Gasteiger partial charge in [-0.1, -0.05) is 12.1 Å². The average molecular weight is 512 g/mol. The molecule has 0 aliphatic carbocycles. The number of likely N-dealkylation sites (tertiary alicyclic amines) is 1. The second-order valence-electron chi connectivity index (χ2n) is 10.2. The highest BCUT2D eigenvalue weighted by molar-refractivity contribution is 7.89. The van der Waals surface area contributed by atoms with E-state index < -0.39 is 21.7 Å². The third-order valence-electron chi connectivity index (χ3n) is 6.50. The number of sulfonamides is 1. The van der Waals surface area contributed by atoms with Crippen LogP contribution in [-0.4, -0.2) is 70.3 Å². The van der Waals surface area contributed by atoms with Gasteiger partial charge in [0.1, 0.15) is 11.2 Å². The highest BCUT2D eigenvalue weighted by Crippen LogP contribution is 2.36. The monoisotopic (exact) mass is 511 g/mol. The molecule has 0 unspecified atom stereocenters. The van der Waals surface area contributed by atoms with Crippen LogP contribution in [0.25, 0.3) is 5.65 Å². The van der Waals surface area contributed by atoms with E-state index in [1.807, 2.05) is 20.8 Å². The van der Waals surface area contributed by atoms with Gasteiger partial charge in [0.15, 0.2) is 0 Å². The van der Waals surface area contributed by atoms with Gasteiger partial charge in [-0.15, -0.1) is 0 Å². The van der Waals surface area contributed by atoms with Gasteiger partial charge in [0, 0.05) is 50.7 Å². The van der Waals surface area contributed by atoms with Crippen molar-refractivity contribution in [2.24, 2.45) is 5.92 Å². The van der Waals surface area contributed by atoms with E-state index in [1.165, 1.54) is 4.31 Å². The Balaban J connectivity index is 1.19. The van der Waals surface area contributed by atoms with Crippen LogP contribution >= 0.6 is 0 Å². The topological polar surface area (TPSA) is 113 Å². The summed E-state index contributed by atoms with van der Waals surface area (Å²) in [6.07, 6.45) is 4.74. The van der Waals surface area contributed by atoms with Crippen LogP contribution in [0.4, 0.5) is 4.79 Å². The van der Waals surface area contributed by atoms with Crippen molar-refractivity contribution in [3.63, 3.8) is 0 Å². The quantitative estimate of drug-likeness (QED) is 0.563. The van der Waals surface area contributed by atoms with E-state index in [2.05, 4.69) is 10.3 Å². The van der Waals surface area contributed by atoms with Crippen molar-refractivity contribution in [1.82, 2.24) is 23.9 Å². The summed E-state index contributed by atoms with van der Waals surface area (Å²) in [5.74, 6) is -0.118. The fraction of sp³-hybridized carbons (Fsp3) is 0.400. The van der Waals surface area contributed by atoms with Crippen molar-refractivity contribution in [3.8, 4) is 0 Å². The number of nitrogens with zero attached hydrogens (tertiary/aromatic N) is 4. The van der Waals surface area contributed by atoms with Crippen molar-refractivity contribution in [2.45, 2.75) is 43.9 Å². The Morgan fingerprint density at radius 2 is 1.83 bits per heavy atom. The van der Waals surface area contributed by atoms with Gasteiger partial charge in [0.25, 0.3) is 5.91 Å². The number of amides is 2. The zero-order valence-electron chi connectivity index (χ0n) is 20.4. The zero-order valence-corrected chi connectivity index (χ0v) is 21.2. The number of ether oxygens (including phenoxy) is 1. The first-order valence-electron chi connectivity index (χ1n) is 11.8. The summed E-state index contributed by atoms with van der Waals surface area (Å²) in [6, 6.07) is 9.83. The summed E-state index contributed by atoms with van der Waals surface area (Å²) < 4.78 is 35.1. The Labute approximate surface area is 209 Å². The van der Waals surface area contributed by atoms with Crippen molar-refractivity contribution in [2.75, 3.05) is 19.6 Å². The Bertz CT molecular complexity index is 1410. The van der Waals surface area contributed by atoms with Gasteiger partial charge in [0.2, 0.25) is 10.0 Å². The molecule has 3 aromatic rings. The van der Waals surface area contributed by atoms with Gasteiger partial charge in [0.05, 0.1) is 16.5 Å². The van der Waals surface area contributed by atoms with Gasteiger partial charge >= 0.3 is 6.09 Å². The van der Waals surface area contributed by atoms with Crippen LogP contribution in [-0.2, 0) is 21.3 Å². The third kappa shape index (κ3) is 4.68. The molecule has 2 aliphatic heterocycles. The van der Waals surface area contributed by atoms with E-state index in [0.29, 0.717) is 18.7 Å². The molecule has 2 amide bonds. The Morgan fingerprint density at radius 3 is 2.56 bits per heavy atom. The summed E-state index contributed by atoms with van der Waals surface area (Å²) in [4.78, 5) is 30.9. The lowest BCUT2D eigenvalue weighted by Gasteiger charge is -2.43. The molecular formula is C25H29N5O5S. The smallest absolute Gasteiger partial charge is 0.410 e. The van der Waals surface area contributed by atoms with Gasteiger partial charge in [-0.05, 0) is 50.6 Å². The van der Waals surface area contributed by atoms with E-state index in [4.69, 9.17) is 4.74 Å². The fourth-order valence-corrected chi connectivity index (χ4v) is 6.11. The Morgan fingerprint density at radius 1 is 1.08 bits per heavy atom. The molecule has 2 aromatic heterocycles. The molecule has 190 valence electrons.